The molecule has 0 heterocycles. The summed E-state index contributed by atoms with van der Waals surface area (Å²) in [6.45, 7) is 6.10. The van der Waals surface area contributed by atoms with Crippen molar-refractivity contribution in [2.75, 3.05) is 6.61 Å². The van der Waals surface area contributed by atoms with Crippen LogP contribution in [-0.4, -0.2) is 12.6 Å². The van der Waals surface area contributed by atoms with E-state index in [1.807, 2.05) is 19.1 Å². The molecule has 0 fully saturated rings. The molecule has 1 atom stereocenters. The summed E-state index contributed by atoms with van der Waals surface area (Å²) in [5.41, 5.74) is 1.09. The Labute approximate surface area is 72.9 Å². The molecule has 1 unspecified atom stereocenters. The lowest BCUT2D eigenvalue weighted by Crippen LogP contribution is -2.17. The van der Waals surface area contributed by atoms with E-state index in [9.17, 15) is 4.79 Å². The highest BCUT2D eigenvalue weighted by Gasteiger charge is 2.18. The number of carbonyl (C=O) groups is 1. The van der Waals surface area contributed by atoms with Crippen LogP contribution in [0.5, 0.6) is 0 Å². The van der Waals surface area contributed by atoms with Gasteiger partial charge in [-0.05, 0) is 19.8 Å². The standard InChI is InChI=1S/C10H14O2/c1-3-12-10(11)9-6-4-8(2)5-7-9/h4,6,9H,2-3,5,7H2,1H3. The van der Waals surface area contributed by atoms with Crippen LogP contribution in [0.3, 0.4) is 0 Å². The molecule has 66 valence electrons. The van der Waals surface area contributed by atoms with Crippen molar-refractivity contribution < 1.29 is 9.53 Å². The summed E-state index contributed by atoms with van der Waals surface area (Å²) in [6.07, 6.45) is 5.53. The average Bonchev–Trinajstić information content (AvgIpc) is 2.06. The normalized spacial score (nSPS) is 22.4. The highest BCUT2D eigenvalue weighted by atomic mass is 16.5. The lowest BCUT2D eigenvalue weighted by molar-refractivity contribution is -0.146. The van der Waals surface area contributed by atoms with Gasteiger partial charge in [-0.3, -0.25) is 4.79 Å². The Balaban J connectivity index is 2.49. The van der Waals surface area contributed by atoms with Crippen LogP contribution in [0.2, 0.25) is 0 Å². The zero-order valence-corrected chi connectivity index (χ0v) is 7.38. The van der Waals surface area contributed by atoms with Crippen molar-refractivity contribution >= 4 is 5.97 Å². The molecule has 0 aromatic heterocycles. The molecule has 0 saturated carbocycles. The molecule has 0 spiro atoms. The molecule has 1 aliphatic carbocycles. The molecular weight excluding hydrogens is 152 g/mol. The lowest BCUT2D eigenvalue weighted by atomic mass is 9.93. The van der Waals surface area contributed by atoms with Crippen LogP contribution in [0.1, 0.15) is 19.8 Å². The number of ether oxygens (including phenoxy) is 1. The molecule has 0 N–H and O–H groups in total. The number of hydrogen-bond donors (Lipinski definition) is 0. The highest BCUT2D eigenvalue weighted by molar-refractivity contribution is 5.74. The van der Waals surface area contributed by atoms with E-state index in [2.05, 4.69) is 6.58 Å². The monoisotopic (exact) mass is 166 g/mol. The van der Waals surface area contributed by atoms with Gasteiger partial charge in [0.05, 0.1) is 12.5 Å². The Hall–Kier alpha value is -1.05. The van der Waals surface area contributed by atoms with E-state index in [-0.39, 0.29) is 11.9 Å². The number of allylic oxidation sites excluding steroid dienone is 2. The predicted octanol–water partition coefficient (Wildman–Crippen LogP) is 2.07. The van der Waals surface area contributed by atoms with Crippen LogP contribution in [0.4, 0.5) is 0 Å². The molecule has 2 nitrogen and oxygen atoms in total. The first-order valence-electron chi connectivity index (χ1n) is 4.26. The molecule has 0 amide bonds. The van der Waals surface area contributed by atoms with E-state index >= 15 is 0 Å². The van der Waals surface area contributed by atoms with Crippen molar-refractivity contribution in [2.45, 2.75) is 19.8 Å². The van der Waals surface area contributed by atoms with Gasteiger partial charge in [-0.1, -0.05) is 24.3 Å². The summed E-state index contributed by atoms with van der Waals surface area (Å²) in [5.74, 6) is -0.156. The Morgan fingerprint density at radius 2 is 2.58 bits per heavy atom. The van der Waals surface area contributed by atoms with Gasteiger partial charge in [0.1, 0.15) is 0 Å². The van der Waals surface area contributed by atoms with Crippen LogP contribution >= 0.6 is 0 Å². The summed E-state index contributed by atoms with van der Waals surface area (Å²) in [6, 6.07) is 0. The van der Waals surface area contributed by atoms with Gasteiger partial charge in [-0.2, -0.15) is 0 Å². The number of rotatable bonds is 2. The van der Waals surface area contributed by atoms with Crippen molar-refractivity contribution in [3.05, 3.63) is 24.3 Å². The summed E-state index contributed by atoms with van der Waals surface area (Å²) >= 11 is 0. The molecule has 2 heteroatoms. The molecule has 1 rings (SSSR count). The molecule has 0 aromatic carbocycles. The smallest absolute Gasteiger partial charge is 0.312 e. The largest absolute Gasteiger partial charge is 0.466 e. The van der Waals surface area contributed by atoms with Gasteiger partial charge >= 0.3 is 5.97 Å². The van der Waals surface area contributed by atoms with E-state index in [0.717, 1.165) is 18.4 Å². The lowest BCUT2D eigenvalue weighted by Gasteiger charge is -2.15. The van der Waals surface area contributed by atoms with Crippen LogP contribution < -0.4 is 0 Å². The molecule has 12 heavy (non-hydrogen) atoms. The third-order valence-electron chi connectivity index (χ3n) is 1.93. The van der Waals surface area contributed by atoms with Crippen molar-refractivity contribution in [1.82, 2.24) is 0 Å². The first kappa shape index (κ1) is 9.04. The van der Waals surface area contributed by atoms with Gasteiger partial charge in [0.15, 0.2) is 0 Å². The maximum Gasteiger partial charge on any atom is 0.312 e. The highest BCUT2D eigenvalue weighted by Crippen LogP contribution is 2.21. The van der Waals surface area contributed by atoms with Crippen molar-refractivity contribution in [3.8, 4) is 0 Å². The van der Waals surface area contributed by atoms with Crippen LogP contribution in [0.15, 0.2) is 24.3 Å². The minimum atomic E-state index is -0.110. The summed E-state index contributed by atoms with van der Waals surface area (Å²) in [4.78, 5) is 11.2. The van der Waals surface area contributed by atoms with Gasteiger partial charge in [0.25, 0.3) is 0 Å². The van der Waals surface area contributed by atoms with Gasteiger partial charge in [0, 0.05) is 0 Å². The fraction of sp³-hybridized carbons (Fsp3) is 0.500. The second-order valence-corrected chi connectivity index (χ2v) is 2.91. The zero-order chi connectivity index (χ0) is 8.97. The molecule has 0 saturated heterocycles. The fourth-order valence-corrected chi connectivity index (χ4v) is 1.22. The maximum atomic E-state index is 11.2. The Morgan fingerprint density at radius 3 is 3.08 bits per heavy atom. The molecule has 1 aliphatic rings. The minimum Gasteiger partial charge on any atom is -0.466 e. The van der Waals surface area contributed by atoms with Gasteiger partial charge < -0.3 is 4.74 Å². The Morgan fingerprint density at radius 1 is 1.83 bits per heavy atom. The van der Waals surface area contributed by atoms with E-state index in [1.165, 1.54) is 0 Å². The van der Waals surface area contributed by atoms with E-state index in [4.69, 9.17) is 4.74 Å². The van der Waals surface area contributed by atoms with E-state index in [0.29, 0.717) is 6.61 Å². The summed E-state index contributed by atoms with van der Waals surface area (Å²) < 4.78 is 4.90. The molecule has 0 radical (unpaired) electrons. The summed E-state index contributed by atoms with van der Waals surface area (Å²) in [7, 11) is 0. The number of hydrogen-bond acceptors (Lipinski definition) is 2. The van der Waals surface area contributed by atoms with Crippen LogP contribution in [-0.2, 0) is 9.53 Å². The SMILES string of the molecule is C=C1C=CC(C(=O)OCC)CC1. The van der Waals surface area contributed by atoms with Crippen molar-refractivity contribution in [1.29, 1.82) is 0 Å². The van der Waals surface area contributed by atoms with E-state index < -0.39 is 0 Å². The predicted molar refractivity (Wildman–Crippen MR) is 47.6 cm³/mol. The Bertz CT molecular complexity index is 216. The second-order valence-electron chi connectivity index (χ2n) is 2.91. The summed E-state index contributed by atoms with van der Waals surface area (Å²) in [5, 5.41) is 0. The van der Waals surface area contributed by atoms with Crippen LogP contribution in [0, 0.1) is 5.92 Å². The average molecular weight is 166 g/mol. The van der Waals surface area contributed by atoms with E-state index in [1.54, 1.807) is 0 Å². The van der Waals surface area contributed by atoms with Gasteiger partial charge in [-0.15, -0.1) is 0 Å². The third-order valence-corrected chi connectivity index (χ3v) is 1.93. The molecule has 0 aliphatic heterocycles. The van der Waals surface area contributed by atoms with Gasteiger partial charge in [0.2, 0.25) is 0 Å². The second kappa shape index (κ2) is 4.10. The quantitative estimate of drug-likeness (QED) is 0.587. The third kappa shape index (κ3) is 2.22. The molecule has 0 aromatic rings. The first-order chi connectivity index (χ1) is 5.74. The van der Waals surface area contributed by atoms with Crippen molar-refractivity contribution in [3.63, 3.8) is 0 Å². The fourth-order valence-electron chi connectivity index (χ4n) is 1.22. The number of esters is 1. The molecule has 0 bridgehead atoms. The number of carbonyl (C=O) groups excluding carboxylic acids is 1. The van der Waals surface area contributed by atoms with Crippen molar-refractivity contribution in [2.24, 2.45) is 5.92 Å². The molecular formula is C10H14O2. The van der Waals surface area contributed by atoms with Crippen LogP contribution in [0.25, 0.3) is 0 Å². The topological polar surface area (TPSA) is 26.3 Å². The van der Waals surface area contributed by atoms with Gasteiger partial charge in [-0.25, -0.2) is 0 Å². The minimum absolute atomic E-state index is 0.0459. The maximum absolute atomic E-state index is 11.2. The Kier molecular flexibility index (Phi) is 3.09. The zero-order valence-electron chi connectivity index (χ0n) is 7.38. The first-order valence-corrected chi connectivity index (χ1v) is 4.26.